The van der Waals surface area contributed by atoms with Gasteiger partial charge in [0.1, 0.15) is 6.61 Å². The van der Waals surface area contributed by atoms with Crippen molar-refractivity contribution in [3.8, 4) is 0 Å². The molecular formula is C20H17BrN2O5S2. The molecule has 1 amide bonds. The molecule has 0 N–H and O–H groups in total. The van der Waals surface area contributed by atoms with E-state index in [0.717, 1.165) is 15.8 Å². The number of nitro benzene ring substituents is 1. The summed E-state index contributed by atoms with van der Waals surface area (Å²) in [6.45, 7) is 0.00872. The number of thioether (sulfide) groups is 2. The van der Waals surface area contributed by atoms with Crippen molar-refractivity contribution in [2.45, 2.75) is 34.8 Å². The van der Waals surface area contributed by atoms with E-state index in [0.29, 0.717) is 12.0 Å². The fraction of sp³-hybridized carbons (Fsp3) is 0.300. The Bertz CT molecular complexity index is 970. The Morgan fingerprint density at radius 1 is 1.20 bits per heavy atom. The largest absolute Gasteiger partial charge is 0.459 e. The molecule has 0 aromatic heterocycles. The normalized spacial score (nSPS) is 22.4. The van der Waals surface area contributed by atoms with E-state index >= 15 is 0 Å². The van der Waals surface area contributed by atoms with Gasteiger partial charge >= 0.3 is 5.97 Å². The van der Waals surface area contributed by atoms with E-state index in [4.69, 9.17) is 4.74 Å². The van der Waals surface area contributed by atoms with Gasteiger partial charge in [-0.05, 0) is 35.4 Å². The Hall–Kier alpha value is -2.04. The summed E-state index contributed by atoms with van der Waals surface area (Å²) in [5.74, 6) is 0.257. The number of esters is 1. The number of benzene rings is 2. The van der Waals surface area contributed by atoms with Gasteiger partial charge in [-0.2, -0.15) is 0 Å². The van der Waals surface area contributed by atoms with Crippen LogP contribution in [0.5, 0.6) is 0 Å². The predicted octanol–water partition coefficient (Wildman–Crippen LogP) is 4.33. The summed E-state index contributed by atoms with van der Waals surface area (Å²) >= 11 is 6.69. The highest BCUT2D eigenvalue weighted by atomic mass is 79.9. The summed E-state index contributed by atoms with van der Waals surface area (Å²) in [5, 5.41) is 10.8. The van der Waals surface area contributed by atoms with E-state index in [2.05, 4.69) is 15.9 Å². The van der Waals surface area contributed by atoms with Crippen LogP contribution in [0.15, 0.2) is 53.0 Å². The standard InChI is InChI=1S/C20H17BrN2O5S2/c21-14-5-1-13(2-6-14)11-29-20-18(22-16(24)9-17(22)30-20)19(25)28-10-12-3-7-15(8-4-12)23(26)27/h1-8,17-18,20H,9-11H2/t17-,18+,20+/m1/s1. The SMILES string of the molecule is O=C(OCc1ccc([N+](=O)[O-])cc1)[C@H]1[C@@H](SCc2ccc(Br)cc2)S[C@@H]2CC(=O)N21. The molecule has 2 heterocycles. The molecule has 7 nitrogen and oxygen atoms in total. The molecule has 30 heavy (non-hydrogen) atoms. The number of amides is 1. The van der Waals surface area contributed by atoms with Crippen LogP contribution in [-0.4, -0.2) is 37.7 Å². The fourth-order valence-corrected chi connectivity index (χ4v) is 6.74. The lowest BCUT2D eigenvalue weighted by atomic mass is 10.1. The molecule has 0 radical (unpaired) electrons. The highest BCUT2D eigenvalue weighted by Gasteiger charge is 2.55. The zero-order chi connectivity index (χ0) is 21.3. The molecule has 2 aromatic rings. The molecule has 0 aliphatic carbocycles. The fourth-order valence-electron chi connectivity index (χ4n) is 3.28. The number of rotatable bonds is 7. The summed E-state index contributed by atoms with van der Waals surface area (Å²) in [5.41, 5.74) is 1.78. The van der Waals surface area contributed by atoms with Gasteiger partial charge < -0.3 is 9.64 Å². The molecule has 2 aromatic carbocycles. The maximum Gasteiger partial charge on any atom is 0.331 e. The number of halogens is 1. The van der Waals surface area contributed by atoms with E-state index in [1.54, 1.807) is 40.6 Å². The van der Waals surface area contributed by atoms with Gasteiger partial charge in [-0.3, -0.25) is 14.9 Å². The number of carbonyl (C=O) groups is 2. The molecule has 10 heteroatoms. The molecule has 2 aliphatic rings. The van der Waals surface area contributed by atoms with Crippen LogP contribution >= 0.6 is 39.5 Å². The van der Waals surface area contributed by atoms with Crippen LogP contribution in [0.1, 0.15) is 17.5 Å². The van der Waals surface area contributed by atoms with Crippen molar-refractivity contribution >= 4 is 57.0 Å². The van der Waals surface area contributed by atoms with Crippen molar-refractivity contribution in [1.82, 2.24) is 4.90 Å². The van der Waals surface area contributed by atoms with Crippen molar-refractivity contribution < 1.29 is 19.2 Å². The van der Waals surface area contributed by atoms with Crippen LogP contribution < -0.4 is 0 Å². The number of fused-ring (bicyclic) bond motifs is 1. The van der Waals surface area contributed by atoms with Crippen molar-refractivity contribution in [2.24, 2.45) is 0 Å². The predicted molar refractivity (Wildman–Crippen MR) is 119 cm³/mol. The molecule has 0 bridgehead atoms. The highest BCUT2D eigenvalue weighted by Crippen LogP contribution is 2.49. The molecule has 0 unspecified atom stereocenters. The van der Waals surface area contributed by atoms with Crippen LogP contribution in [0.4, 0.5) is 5.69 Å². The lowest BCUT2D eigenvalue weighted by molar-refractivity contribution is -0.384. The molecule has 156 valence electrons. The Morgan fingerprint density at radius 3 is 2.50 bits per heavy atom. The minimum Gasteiger partial charge on any atom is -0.459 e. The lowest BCUT2D eigenvalue weighted by Crippen LogP contribution is -2.55. The smallest absolute Gasteiger partial charge is 0.331 e. The van der Waals surface area contributed by atoms with Crippen molar-refractivity contribution in [2.75, 3.05) is 0 Å². The number of ether oxygens (including phenoxy) is 1. The van der Waals surface area contributed by atoms with Gasteiger partial charge in [-0.15, -0.1) is 23.5 Å². The quantitative estimate of drug-likeness (QED) is 0.238. The average Bonchev–Trinajstić information content (AvgIpc) is 3.04. The number of hydrogen-bond acceptors (Lipinski definition) is 7. The number of nitrogens with zero attached hydrogens (tertiary/aromatic N) is 2. The number of β-lactam (4-membered cyclic amide) rings is 1. The summed E-state index contributed by atoms with van der Waals surface area (Å²) in [7, 11) is 0. The van der Waals surface area contributed by atoms with Crippen molar-refractivity contribution in [3.05, 3.63) is 74.2 Å². The number of carbonyl (C=O) groups excluding carboxylic acids is 2. The molecule has 3 atom stereocenters. The maximum atomic E-state index is 12.8. The average molecular weight is 509 g/mol. The van der Waals surface area contributed by atoms with E-state index in [1.807, 2.05) is 24.3 Å². The second kappa shape index (κ2) is 8.99. The molecular weight excluding hydrogens is 492 g/mol. The van der Waals surface area contributed by atoms with Crippen molar-refractivity contribution in [1.29, 1.82) is 0 Å². The van der Waals surface area contributed by atoms with Gasteiger partial charge in [0.15, 0.2) is 6.04 Å². The molecule has 2 aliphatic heterocycles. The second-order valence-corrected chi connectivity index (χ2v) is 10.5. The zero-order valence-electron chi connectivity index (χ0n) is 15.6. The summed E-state index contributed by atoms with van der Waals surface area (Å²) < 4.78 is 6.38. The Kier molecular flexibility index (Phi) is 6.35. The first-order valence-corrected chi connectivity index (χ1v) is 11.9. The van der Waals surface area contributed by atoms with Gasteiger partial charge in [0.05, 0.1) is 21.3 Å². The Labute approximate surface area is 189 Å². The zero-order valence-corrected chi connectivity index (χ0v) is 18.8. The first-order valence-electron chi connectivity index (χ1n) is 9.15. The first kappa shape index (κ1) is 21.2. The molecule has 2 fully saturated rings. The van der Waals surface area contributed by atoms with Crippen LogP contribution in [0.25, 0.3) is 0 Å². The number of nitro groups is 1. The highest BCUT2D eigenvalue weighted by molar-refractivity contribution is 9.10. The van der Waals surface area contributed by atoms with E-state index in [-0.39, 0.29) is 28.2 Å². The summed E-state index contributed by atoms with van der Waals surface area (Å²) in [4.78, 5) is 36.8. The lowest BCUT2D eigenvalue weighted by Gasteiger charge is -2.36. The summed E-state index contributed by atoms with van der Waals surface area (Å²) in [6, 6.07) is 13.3. The third-order valence-corrected chi connectivity index (χ3v) is 8.48. The minimum absolute atomic E-state index is 0.00872. The van der Waals surface area contributed by atoms with E-state index in [9.17, 15) is 19.7 Å². The number of hydrogen-bond donors (Lipinski definition) is 0. The topological polar surface area (TPSA) is 89.7 Å². The van der Waals surface area contributed by atoms with Gasteiger partial charge in [-0.25, -0.2) is 4.79 Å². The van der Waals surface area contributed by atoms with Crippen molar-refractivity contribution in [3.63, 3.8) is 0 Å². The van der Waals surface area contributed by atoms with Crippen LogP contribution in [0.2, 0.25) is 0 Å². The van der Waals surface area contributed by atoms with Crippen LogP contribution in [-0.2, 0) is 26.7 Å². The molecule has 4 rings (SSSR count). The van der Waals surface area contributed by atoms with Gasteiger partial charge in [0.2, 0.25) is 5.91 Å². The molecule has 2 saturated heterocycles. The van der Waals surface area contributed by atoms with Crippen LogP contribution in [0.3, 0.4) is 0 Å². The third kappa shape index (κ3) is 4.50. The van der Waals surface area contributed by atoms with E-state index < -0.39 is 16.9 Å². The Morgan fingerprint density at radius 2 is 1.87 bits per heavy atom. The van der Waals surface area contributed by atoms with Gasteiger partial charge in [-0.1, -0.05) is 28.1 Å². The maximum absolute atomic E-state index is 12.8. The van der Waals surface area contributed by atoms with Crippen LogP contribution in [0, 0.1) is 10.1 Å². The molecule has 0 saturated carbocycles. The second-order valence-electron chi connectivity index (χ2n) is 6.88. The first-order chi connectivity index (χ1) is 14.4. The minimum atomic E-state index is -0.625. The molecule has 0 spiro atoms. The Balaban J connectivity index is 1.39. The van der Waals surface area contributed by atoms with Gasteiger partial charge in [0, 0.05) is 22.4 Å². The van der Waals surface area contributed by atoms with Gasteiger partial charge in [0.25, 0.3) is 5.69 Å². The summed E-state index contributed by atoms with van der Waals surface area (Å²) in [6.07, 6.45) is 0.451. The third-order valence-electron chi connectivity index (χ3n) is 4.89. The number of non-ortho nitro benzene ring substituents is 1. The monoisotopic (exact) mass is 508 g/mol. The van der Waals surface area contributed by atoms with E-state index in [1.165, 1.54) is 12.1 Å².